The molecule has 3 N–H and O–H groups in total. The van der Waals surface area contributed by atoms with Crippen molar-refractivity contribution < 1.29 is 29.0 Å². The van der Waals surface area contributed by atoms with Gasteiger partial charge in [0.1, 0.15) is 12.6 Å². The van der Waals surface area contributed by atoms with Crippen LogP contribution in [0.5, 0.6) is 0 Å². The zero-order chi connectivity index (χ0) is 35.2. The summed E-state index contributed by atoms with van der Waals surface area (Å²) >= 11 is 0. The Kier molecular flexibility index (Phi) is 10.2. The lowest BCUT2D eigenvalue weighted by Crippen LogP contribution is -2.40. The summed E-state index contributed by atoms with van der Waals surface area (Å²) in [5.41, 5.74) is 4.50. The van der Waals surface area contributed by atoms with E-state index in [2.05, 4.69) is 10.3 Å². The highest BCUT2D eigenvalue weighted by Gasteiger charge is 2.42. The molecular weight excluding hydrogens is 632 g/mol. The summed E-state index contributed by atoms with van der Waals surface area (Å²) < 4.78 is 5.27. The number of para-hydroxylation sites is 2. The van der Waals surface area contributed by atoms with E-state index in [9.17, 15) is 24.3 Å². The third kappa shape index (κ3) is 7.34. The van der Waals surface area contributed by atoms with Gasteiger partial charge < -0.3 is 20.1 Å². The number of carbonyl (C=O) groups excluding carboxylic acids is 3. The van der Waals surface area contributed by atoms with Gasteiger partial charge in [-0.15, -0.1) is 0 Å². The van der Waals surface area contributed by atoms with Gasteiger partial charge in [0, 0.05) is 40.6 Å². The fourth-order valence-electron chi connectivity index (χ4n) is 6.44. The maximum atomic E-state index is 13.8. The molecular formula is C40H38N4O6. The lowest BCUT2D eigenvalue weighted by Gasteiger charge is -2.28. The van der Waals surface area contributed by atoms with Crippen LogP contribution in [0.25, 0.3) is 10.9 Å². The van der Waals surface area contributed by atoms with E-state index in [1.54, 1.807) is 24.3 Å². The first kappa shape index (κ1) is 33.9. The van der Waals surface area contributed by atoms with E-state index in [1.165, 1.54) is 0 Å². The number of carboxylic acids is 1. The number of hydrogen-bond acceptors (Lipinski definition) is 6. The van der Waals surface area contributed by atoms with E-state index in [4.69, 9.17) is 9.73 Å². The standard InChI is InChI=1S/C40H38N4O6/c1-25(2)31(22-36(46)44-34(24-50-40(44)49)26-13-5-3-6-14-26)38(39(47)48)43-37(27-15-7-4-8-16-27)30-18-10-12-20-33(30)42-35(45)21-28-23-41-32-19-11-9-17-29(28)32/h3-20,23,25,31,34,38,41H,21-22,24H2,1-2H3,(H,42,45)(H,47,48)/t31-,34+,38+/m1/s1. The van der Waals surface area contributed by atoms with Gasteiger partial charge in [-0.25, -0.2) is 14.5 Å². The van der Waals surface area contributed by atoms with Gasteiger partial charge in [0.25, 0.3) is 0 Å². The number of fused-ring (bicyclic) bond motifs is 1. The van der Waals surface area contributed by atoms with Crippen molar-refractivity contribution in [2.75, 3.05) is 11.9 Å². The lowest BCUT2D eigenvalue weighted by atomic mass is 9.84. The number of amides is 3. The molecule has 3 amide bonds. The quantitative estimate of drug-likeness (QED) is 0.122. The number of ether oxygens (including phenoxy) is 1. The average molecular weight is 671 g/mol. The molecule has 5 aromatic rings. The minimum absolute atomic E-state index is 0.0163. The van der Waals surface area contributed by atoms with E-state index < -0.39 is 36.0 Å². The van der Waals surface area contributed by atoms with E-state index >= 15 is 0 Å². The van der Waals surface area contributed by atoms with E-state index in [-0.39, 0.29) is 31.3 Å². The van der Waals surface area contributed by atoms with Crippen LogP contribution >= 0.6 is 0 Å². The van der Waals surface area contributed by atoms with Gasteiger partial charge in [0.15, 0.2) is 6.04 Å². The largest absolute Gasteiger partial charge is 0.480 e. The molecule has 0 unspecified atom stereocenters. The average Bonchev–Trinajstić information content (AvgIpc) is 3.72. The van der Waals surface area contributed by atoms with Crippen LogP contribution in [0.3, 0.4) is 0 Å². The van der Waals surface area contributed by atoms with E-state index in [0.717, 1.165) is 26.9 Å². The predicted octanol–water partition coefficient (Wildman–Crippen LogP) is 7.02. The number of imide groups is 1. The van der Waals surface area contributed by atoms with Crippen molar-refractivity contribution in [3.63, 3.8) is 0 Å². The summed E-state index contributed by atoms with van der Waals surface area (Å²) in [7, 11) is 0. The molecule has 6 rings (SSSR count). The summed E-state index contributed by atoms with van der Waals surface area (Å²) in [4.78, 5) is 62.3. The number of carbonyl (C=O) groups is 4. The molecule has 0 aliphatic carbocycles. The number of aromatic nitrogens is 1. The van der Waals surface area contributed by atoms with Crippen LogP contribution < -0.4 is 5.32 Å². The van der Waals surface area contributed by atoms with Crippen molar-refractivity contribution in [2.45, 2.75) is 38.8 Å². The van der Waals surface area contributed by atoms with Gasteiger partial charge in [0.05, 0.1) is 17.8 Å². The van der Waals surface area contributed by atoms with Crippen molar-refractivity contribution in [3.05, 3.63) is 138 Å². The third-order valence-electron chi connectivity index (χ3n) is 9.05. The molecule has 10 nitrogen and oxygen atoms in total. The van der Waals surface area contributed by atoms with Crippen LogP contribution in [-0.4, -0.2) is 57.2 Å². The molecule has 0 spiro atoms. The number of aromatic amines is 1. The molecule has 3 atom stereocenters. The molecule has 254 valence electrons. The van der Waals surface area contributed by atoms with Crippen LogP contribution in [0.4, 0.5) is 10.5 Å². The fourth-order valence-corrected chi connectivity index (χ4v) is 6.44. The Morgan fingerprint density at radius 3 is 2.30 bits per heavy atom. The Morgan fingerprint density at radius 1 is 0.920 bits per heavy atom. The topological polar surface area (TPSA) is 141 Å². The minimum Gasteiger partial charge on any atom is -0.480 e. The Balaban J connectivity index is 1.33. The zero-order valence-corrected chi connectivity index (χ0v) is 27.8. The molecule has 2 heterocycles. The Labute approximate surface area is 289 Å². The Bertz CT molecular complexity index is 2040. The number of anilines is 1. The van der Waals surface area contributed by atoms with Crippen molar-refractivity contribution in [2.24, 2.45) is 16.8 Å². The summed E-state index contributed by atoms with van der Waals surface area (Å²) in [5.74, 6) is -3.09. The molecule has 1 saturated heterocycles. The van der Waals surface area contributed by atoms with Crippen molar-refractivity contribution in [1.82, 2.24) is 9.88 Å². The summed E-state index contributed by atoms with van der Waals surface area (Å²) in [6, 6.07) is 31.2. The van der Waals surface area contributed by atoms with Crippen LogP contribution in [-0.2, 0) is 25.5 Å². The highest BCUT2D eigenvalue weighted by atomic mass is 16.6. The highest BCUT2D eigenvalue weighted by molar-refractivity contribution is 6.17. The number of rotatable bonds is 12. The third-order valence-corrected chi connectivity index (χ3v) is 9.05. The predicted molar refractivity (Wildman–Crippen MR) is 191 cm³/mol. The summed E-state index contributed by atoms with van der Waals surface area (Å²) in [6.07, 6.45) is 0.932. The maximum Gasteiger partial charge on any atom is 0.417 e. The number of aliphatic carboxylic acids is 1. The van der Waals surface area contributed by atoms with Gasteiger partial charge in [-0.1, -0.05) is 111 Å². The molecule has 50 heavy (non-hydrogen) atoms. The monoisotopic (exact) mass is 670 g/mol. The number of nitrogens with one attached hydrogen (secondary N) is 2. The second kappa shape index (κ2) is 15.0. The summed E-state index contributed by atoms with van der Waals surface area (Å²) in [5, 5.41) is 14.6. The molecule has 4 aromatic carbocycles. The molecule has 0 bridgehead atoms. The number of aliphatic imine (C=N–C) groups is 1. The van der Waals surface area contributed by atoms with Crippen molar-refractivity contribution in [3.8, 4) is 0 Å². The van der Waals surface area contributed by atoms with Gasteiger partial charge >= 0.3 is 12.1 Å². The number of carboxylic acid groups (broad SMARTS) is 1. The first-order chi connectivity index (χ1) is 24.2. The van der Waals surface area contributed by atoms with Gasteiger partial charge in [-0.2, -0.15) is 0 Å². The number of nitrogens with zero attached hydrogens (tertiary/aromatic N) is 2. The first-order valence-electron chi connectivity index (χ1n) is 16.5. The summed E-state index contributed by atoms with van der Waals surface area (Å²) in [6.45, 7) is 3.69. The van der Waals surface area contributed by atoms with Crippen LogP contribution in [0, 0.1) is 11.8 Å². The number of H-pyrrole nitrogens is 1. The highest BCUT2D eigenvalue weighted by Crippen LogP contribution is 2.32. The molecule has 0 radical (unpaired) electrons. The van der Waals surface area contributed by atoms with Crippen LogP contribution in [0.15, 0.2) is 120 Å². The lowest BCUT2D eigenvalue weighted by molar-refractivity contribution is -0.141. The molecule has 1 aliphatic heterocycles. The molecule has 0 saturated carbocycles. The van der Waals surface area contributed by atoms with Gasteiger partial charge in [-0.05, 0) is 29.2 Å². The van der Waals surface area contributed by atoms with E-state index in [0.29, 0.717) is 22.5 Å². The van der Waals surface area contributed by atoms with Crippen LogP contribution in [0.1, 0.15) is 48.6 Å². The minimum atomic E-state index is -1.36. The van der Waals surface area contributed by atoms with Crippen LogP contribution in [0.2, 0.25) is 0 Å². The maximum absolute atomic E-state index is 13.8. The molecule has 1 aromatic heterocycles. The number of hydrogen-bond donors (Lipinski definition) is 3. The van der Waals surface area contributed by atoms with Gasteiger partial charge in [-0.3, -0.25) is 14.6 Å². The number of benzene rings is 4. The smallest absolute Gasteiger partial charge is 0.417 e. The van der Waals surface area contributed by atoms with Gasteiger partial charge in [0.2, 0.25) is 11.8 Å². The Hall–Kier alpha value is -6.03. The van der Waals surface area contributed by atoms with Crippen molar-refractivity contribution >= 4 is 46.2 Å². The molecule has 1 aliphatic rings. The normalized spacial score (nSPS) is 15.9. The Morgan fingerprint density at radius 2 is 1.58 bits per heavy atom. The first-order valence-corrected chi connectivity index (χ1v) is 16.5. The zero-order valence-electron chi connectivity index (χ0n) is 27.8. The van der Waals surface area contributed by atoms with Crippen molar-refractivity contribution in [1.29, 1.82) is 0 Å². The van der Waals surface area contributed by atoms with E-state index in [1.807, 2.05) is 105 Å². The SMILES string of the molecule is CC(C)[C@@H](CC(=O)N1C(=O)OC[C@H]1c1ccccc1)[C@H](N=C(c1ccccc1)c1ccccc1NC(=O)Cc1c[nH]c2ccccc12)C(=O)O. The molecule has 1 fully saturated rings. The fraction of sp³-hybridized carbons (Fsp3) is 0.225. The number of cyclic esters (lactones) is 1. The second-order valence-corrected chi connectivity index (χ2v) is 12.6. The molecule has 10 heteroatoms. The second-order valence-electron chi connectivity index (χ2n) is 12.6.